The van der Waals surface area contributed by atoms with Crippen LogP contribution in [-0.2, 0) is 6.42 Å². The van der Waals surface area contributed by atoms with E-state index in [1.165, 1.54) is 31.7 Å². The molecule has 2 atom stereocenters. The maximum absolute atomic E-state index is 13.7. The van der Waals surface area contributed by atoms with Gasteiger partial charge in [-0.05, 0) is 37.9 Å². The van der Waals surface area contributed by atoms with Crippen LogP contribution in [0.25, 0.3) is 11.4 Å². The van der Waals surface area contributed by atoms with Crippen LogP contribution < -0.4 is 5.32 Å². The molecule has 0 spiro atoms. The molecule has 0 radical (unpaired) electrons. The molecule has 5 heteroatoms. The van der Waals surface area contributed by atoms with Crippen molar-refractivity contribution in [1.82, 2.24) is 15.5 Å². The standard InChI is InChI=1S/C16H20FN3O/c1-18-14-9-5-2-6-11(14)10-15-19-16(20-21-15)12-7-3-4-8-13(12)17/h3-4,7-8,11,14,18H,2,5-6,9-10H2,1H3. The fourth-order valence-corrected chi connectivity index (χ4v) is 3.15. The minimum absolute atomic E-state index is 0.324. The zero-order chi connectivity index (χ0) is 14.7. The lowest BCUT2D eigenvalue weighted by Crippen LogP contribution is -2.37. The van der Waals surface area contributed by atoms with Gasteiger partial charge in [0.2, 0.25) is 11.7 Å². The highest BCUT2D eigenvalue weighted by atomic mass is 19.1. The van der Waals surface area contributed by atoms with Crippen molar-refractivity contribution in [3.63, 3.8) is 0 Å². The molecule has 0 amide bonds. The van der Waals surface area contributed by atoms with Gasteiger partial charge in [0.05, 0.1) is 5.56 Å². The van der Waals surface area contributed by atoms with Crippen molar-refractivity contribution in [3.8, 4) is 11.4 Å². The summed E-state index contributed by atoms with van der Waals surface area (Å²) in [5.74, 6) is 1.12. The van der Waals surface area contributed by atoms with Crippen molar-refractivity contribution in [1.29, 1.82) is 0 Å². The first-order valence-electron chi connectivity index (χ1n) is 7.52. The summed E-state index contributed by atoms with van der Waals surface area (Å²) in [4.78, 5) is 4.36. The van der Waals surface area contributed by atoms with Crippen LogP contribution in [0.5, 0.6) is 0 Å². The Bertz CT molecular complexity index is 599. The summed E-state index contributed by atoms with van der Waals surface area (Å²) in [6.07, 6.45) is 5.63. The zero-order valence-electron chi connectivity index (χ0n) is 12.2. The van der Waals surface area contributed by atoms with Crippen LogP contribution in [0.4, 0.5) is 4.39 Å². The van der Waals surface area contributed by atoms with E-state index in [2.05, 4.69) is 15.5 Å². The van der Waals surface area contributed by atoms with Crippen molar-refractivity contribution in [2.45, 2.75) is 38.1 Å². The summed E-state index contributed by atoms with van der Waals surface area (Å²) in [6, 6.07) is 7.00. The van der Waals surface area contributed by atoms with Gasteiger partial charge in [0, 0.05) is 12.5 Å². The highest BCUT2D eigenvalue weighted by Crippen LogP contribution is 2.28. The van der Waals surface area contributed by atoms with Crippen molar-refractivity contribution < 1.29 is 8.91 Å². The van der Waals surface area contributed by atoms with Gasteiger partial charge in [-0.25, -0.2) is 4.39 Å². The minimum atomic E-state index is -0.324. The molecule has 1 fully saturated rings. The molecule has 112 valence electrons. The van der Waals surface area contributed by atoms with Gasteiger partial charge in [-0.2, -0.15) is 4.98 Å². The number of hydrogen-bond donors (Lipinski definition) is 1. The summed E-state index contributed by atoms with van der Waals surface area (Å²) < 4.78 is 19.0. The molecule has 3 rings (SSSR count). The number of hydrogen-bond acceptors (Lipinski definition) is 4. The maximum Gasteiger partial charge on any atom is 0.227 e. The summed E-state index contributed by atoms with van der Waals surface area (Å²) >= 11 is 0. The molecule has 1 heterocycles. The molecule has 1 aliphatic rings. The SMILES string of the molecule is CNC1CCCCC1Cc1nc(-c2ccccc2F)no1. The van der Waals surface area contributed by atoms with Gasteiger partial charge in [-0.15, -0.1) is 0 Å². The van der Waals surface area contributed by atoms with Crippen molar-refractivity contribution in [2.75, 3.05) is 7.05 Å². The Morgan fingerprint density at radius 2 is 2.10 bits per heavy atom. The van der Waals surface area contributed by atoms with Crippen molar-refractivity contribution in [2.24, 2.45) is 5.92 Å². The van der Waals surface area contributed by atoms with Crippen LogP contribution in [0.3, 0.4) is 0 Å². The lowest BCUT2D eigenvalue weighted by Gasteiger charge is -2.30. The van der Waals surface area contributed by atoms with Crippen molar-refractivity contribution in [3.05, 3.63) is 36.0 Å². The summed E-state index contributed by atoms with van der Waals surface area (Å²) in [6.45, 7) is 0. The van der Waals surface area contributed by atoms with E-state index in [0.29, 0.717) is 29.2 Å². The molecule has 4 nitrogen and oxygen atoms in total. The zero-order valence-corrected chi connectivity index (χ0v) is 12.2. The van der Waals surface area contributed by atoms with E-state index < -0.39 is 0 Å². The molecule has 2 aromatic rings. The van der Waals surface area contributed by atoms with Crippen LogP contribution in [0.2, 0.25) is 0 Å². The first kappa shape index (κ1) is 14.2. The normalized spacial score (nSPS) is 22.4. The van der Waals surface area contributed by atoms with Crippen molar-refractivity contribution >= 4 is 0 Å². The summed E-state index contributed by atoms with van der Waals surface area (Å²) in [5.41, 5.74) is 0.390. The number of halogens is 1. The lowest BCUT2D eigenvalue weighted by molar-refractivity contribution is 0.248. The molecule has 1 saturated carbocycles. The van der Waals surface area contributed by atoms with E-state index in [1.807, 2.05) is 7.05 Å². The second-order valence-electron chi connectivity index (χ2n) is 5.64. The van der Waals surface area contributed by atoms with Crippen LogP contribution in [0, 0.1) is 11.7 Å². The molecular formula is C16H20FN3O. The Hall–Kier alpha value is -1.75. The Morgan fingerprint density at radius 3 is 2.90 bits per heavy atom. The first-order valence-corrected chi connectivity index (χ1v) is 7.52. The first-order chi connectivity index (χ1) is 10.3. The third-order valence-electron chi connectivity index (χ3n) is 4.30. The number of aromatic nitrogens is 2. The van der Waals surface area contributed by atoms with Crippen LogP contribution >= 0.6 is 0 Å². The fraction of sp³-hybridized carbons (Fsp3) is 0.500. The van der Waals surface area contributed by atoms with Crippen LogP contribution in [0.1, 0.15) is 31.6 Å². The monoisotopic (exact) mass is 289 g/mol. The maximum atomic E-state index is 13.7. The Labute approximate surface area is 123 Å². The Kier molecular flexibility index (Phi) is 4.29. The fourth-order valence-electron chi connectivity index (χ4n) is 3.15. The summed E-state index contributed by atoms with van der Waals surface area (Å²) in [7, 11) is 2.00. The van der Waals surface area contributed by atoms with E-state index in [9.17, 15) is 4.39 Å². The molecular weight excluding hydrogens is 269 g/mol. The number of benzene rings is 1. The van der Waals surface area contributed by atoms with Gasteiger partial charge in [0.25, 0.3) is 0 Å². The molecule has 0 aliphatic heterocycles. The molecule has 0 bridgehead atoms. The number of nitrogens with zero attached hydrogens (tertiary/aromatic N) is 2. The van der Waals surface area contributed by atoms with Gasteiger partial charge in [-0.3, -0.25) is 0 Å². The third-order valence-corrected chi connectivity index (χ3v) is 4.30. The van der Waals surface area contributed by atoms with Gasteiger partial charge < -0.3 is 9.84 Å². The lowest BCUT2D eigenvalue weighted by atomic mass is 9.82. The van der Waals surface area contributed by atoms with Gasteiger partial charge in [-0.1, -0.05) is 30.1 Å². The number of nitrogens with one attached hydrogen (secondary N) is 1. The third kappa shape index (κ3) is 3.13. The van der Waals surface area contributed by atoms with Crippen LogP contribution in [0.15, 0.2) is 28.8 Å². The average Bonchev–Trinajstić information content (AvgIpc) is 2.96. The van der Waals surface area contributed by atoms with E-state index in [1.54, 1.807) is 18.2 Å². The predicted molar refractivity (Wildman–Crippen MR) is 78.2 cm³/mol. The topological polar surface area (TPSA) is 51.0 Å². The smallest absolute Gasteiger partial charge is 0.227 e. The van der Waals surface area contributed by atoms with Crippen LogP contribution in [-0.4, -0.2) is 23.2 Å². The second kappa shape index (κ2) is 6.35. The molecule has 1 N–H and O–H groups in total. The molecule has 1 aliphatic carbocycles. The molecule has 1 aromatic carbocycles. The van der Waals surface area contributed by atoms with E-state index in [-0.39, 0.29) is 5.82 Å². The Morgan fingerprint density at radius 1 is 1.29 bits per heavy atom. The predicted octanol–water partition coefficient (Wildman–Crippen LogP) is 3.20. The molecule has 21 heavy (non-hydrogen) atoms. The minimum Gasteiger partial charge on any atom is -0.339 e. The highest BCUT2D eigenvalue weighted by molar-refractivity contribution is 5.54. The summed E-state index contributed by atoms with van der Waals surface area (Å²) in [5, 5.41) is 7.29. The second-order valence-corrected chi connectivity index (χ2v) is 5.64. The molecule has 0 saturated heterocycles. The van der Waals surface area contributed by atoms with E-state index in [4.69, 9.17) is 4.52 Å². The molecule has 2 unspecified atom stereocenters. The quantitative estimate of drug-likeness (QED) is 0.939. The Balaban J connectivity index is 1.75. The van der Waals surface area contributed by atoms with Gasteiger partial charge in [0.1, 0.15) is 5.82 Å². The van der Waals surface area contributed by atoms with Gasteiger partial charge in [0.15, 0.2) is 0 Å². The number of rotatable bonds is 4. The van der Waals surface area contributed by atoms with E-state index in [0.717, 1.165) is 6.42 Å². The van der Waals surface area contributed by atoms with E-state index >= 15 is 0 Å². The molecule has 1 aromatic heterocycles. The largest absolute Gasteiger partial charge is 0.339 e. The highest BCUT2D eigenvalue weighted by Gasteiger charge is 2.26. The average molecular weight is 289 g/mol. The van der Waals surface area contributed by atoms with Gasteiger partial charge >= 0.3 is 0 Å².